The monoisotopic (exact) mass is 253 g/mol. The first-order valence-corrected chi connectivity index (χ1v) is 7.43. The van der Waals surface area contributed by atoms with Gasteiger partial charge in [-0.15, -0.1) is 0 Å². The lowest BCUT2D eigenvalue weighted by atomic mass is 10.0. The quantitative estimate of drug-likeness (QED) is 0.814. The summed E-state index contributed by atoms with van der Waals surface area (Å²) < 4.78 is 24.9. The third-order valence-electron chi connectivity index (χ3n) is 2.77. The van der Waals surface area contributed by atoms with Crippen molar-refractivity contribution in [3.63, 3.8) is 0 Å². The number of rotatable bonds is 5. The lowest BCUT2D eigenvalue weighted by molar-refractivity contribution is 0.112. The molecule has 0 atom stereocenters. The molecule has 0 amide bonds. The van der Waals surface area contributed by atoms with Crippen LogP contribution in [0.25, 0.3) is 0 Å². The fraction of sp³-hybridized carbons (Fsp3) is 0.417. The van der Waals surface area contributed by atoms with Gasteiger partial charge in [-0.25, -0.2) is 8.42 Å². The molecule has 5 heteroatoms. The van der Waals surface area contributed by atoms with Crippen molar-refractivity contribution in [2.75, 3.05) is 11.0 Å². The van der Waals surface area contributed by atoms with Gasteiger partial charge in [-0.3, -0.25) is 9.52 Å². The summed E-state index contributed by atoms with van der Waals surface area (Å²) in [5.41, 5.74) is 2.08. The largest absolute Gasteiger partial charge is 0.298 e. The van der Waals surface area contributed by atoms with Gasteiger partial charge >= 0.3 is 0 Å². The lowest BCUT2D eigenvalue weighted by Gasteiger charge is -2.11. The smallest absolute Gasteiger partial charge is 0.229 e. The fourth-order valence-electron chi connectivity index (χ4n) is 1.79. The zero-order valence-electron chi connectivity index (χ0n) is 9.64. The molecule has 92 valence electrons. The Balaban J connectivity index is 2.31. The molecule has 1 fully saturated rings. The Morgan fingerprint density at radius 1 is 1.41 bits per heavy atom. The molecule has 1 aromatic rings. The van der Waals surface area contributed by atoms with E-state index in [1.54, 1.807) is 18.2 Å². The van der Waals surface area contributed by atoms with E-state index in [4.69, 9.17) is 0 Å². The first-order chi connectivity index (χ1) is 7.98. The van der Waals surface area contributed by atoms with E-state index >= 15 is 0 Å². The molecule has 1 aliphatic carbocycles. The number of carbonyl (C=O) groups excluding carboxylic acids is 1. The third-order valence-corrected chi connectivity index (χ3v) is 3.36. The van der Waals surface area contributed by atoms with Crippen LogP contribution in [0.2, 0.25) is 0 Å². The van der Waals surface area contributed by atoms with Crippen molar-refractivity contribution in [2.45, 2.75) is 19.3 Å². The average molecular weight is 253 g/mol. The highest BCUT2D eigenvalue weighted by molar-refractivity contribution is 7.92. The second-order valence-corrected chi connectivity index (χ2v) is 6.30. The van der Waals surface area contributed by atoms with E-state index in [1.165, 1.54) is 12.8 Å². The molecular formula is C12H15NO3S. The second kappa shape index (κ2) is 4.49. The molecule has 17 heavy (non-hydrogen) atoms. The SMILES string of the molecule is CS(=O)(=O)Nc1ccc(C=O)cc1CC1CC1. The van der Waals surface area contributed by atoms with Gasteiger partial charge in [0.2, 0.25) is 10.0 Å². The van der Waals surface area contributed by atoms with Gasteiger partial charge in [-0.1, -0.05) is 0 Å². The first kappa shape index (κ1) is 12.1. The molecule has 4 nitrogen and oxygen atoms in total. The minimum Gasteiger partial charge on any atom is -0.298 e. The fourth-order valence-corrected chi connectivity index (χ4v) is 2.39. The van der Waals surface area contributed by atoms with Crippen molar-refractivity contribution in [3.05, 3.63) is 29.3 Å². The third kappa shape index (κ3) is 3.56. The molecule has 0 aromatic heterocycles. The van der Waals surface area contributed by atoms with Crippen LogP contribution in [0.4, 0.5) is 5.69 Å². The van der Waals surface area contributed by atoms with Gasteiger partial charge in [-0.05, 0) is 48.9 Å². The summed E-state index contributed by atoms with van der Waals surface area (Å²) in [4.78, 5) is 10.7. The Bertz CT molecular complexity index is 533. The molecule has 0 saturated heterocycles. The molecule has 1 aliphatic rings. The lowest BCUT2D eigenvalue weighted by Crippen LogP contribution is -2.11. The van der Waals surface area contributed by atoms with Crippen LogP contribution in [0, 0.1) is 5.92 Å². The Kier molecular flexibility index (Phi) is 3.19. The van der Waals surface area contributed by atoms with Gasteiger partial charge in [-0.2, -0.15) is 0 Å². The highest BCUT2D eigenvalue weighted by Gasteiger charge is 2.23. The molecule has 0 spiro atoms. The maximum Gasteiger partial charge on any atom is 0.229 e. The maximum absolute atomic E-state index is 11.2. The Morgan fingerprint density at radius 2 is 2.12 bits per heavy atom. The van der Waals surface area contributed by atoms with Gasteiger partial charge in [0.05, 0.1) is 11.9 Å². The molecule has 0 heterocycles. The number of carbonyl (C=O) groups is 1. The summed E-state index contributed by atoms with van der Waals surface area (Å²) in [6.45, 7) is 0. The van der Waals surface area contributed by atoms with Gasteiger partial charge in [0.25, 0.3) is 0 Å². The molecule has 0 radical (unpaired) electrons. The summed E-state index contributed by atoms with van der Waals surface area (Å²) in [5, 5.41) is 0. The number of anilines is 1. The molecular weight excluding hydrogens is 238 g/mol. The number of benzene rings is 1. The highest BCUT2D eigenvalue weighted by atomic mass is 32.2. The van der Waals surface area contributed by atoms with Crippen molar-refractivity contribution >= 4 is 22.0 Å². The van der Waals surface area contributed by atoms with Crippen LogP contribution in [-0.2, 0) is 16.4 Å². The average Bonchev–Trinajstić information content (AvgIpc) is 3.02. The molecule has 1 saturated carbocycles. The molecule has 0 bridgehead atoms. The zero-order chi connectivity index (χ0) is 12.5. The Morgan fingerprint density at radius 3 is 2.65 bits per heavy atom. The van der Waals surface area contributed by atoms with Gasteiger partial charge in [0.1, 0.15) is 6.29 Å². The van der Waals surface area contributed by atoms with Crippen LogP contribution in [-0.4, -0.2) is 21.0 Å². The predicted molar refractivity (Wildman–Crippen MR) is 66.7 cm³/mol. The molecule has 0 aliphatic heterocycles. The van der Waals surface area contributed by atoms with E-state index in [-0.39, 0.29) is 0 Å². The standard InChI is InChI=1S/C12H15NO3S/c1-17(15,16)13-12-5-4-10(8-14)7-11(12)6-9-2-3-9/h4-5,7-9,13H,2-3,6H2,1H3. The summed E-state index contributed by atoms with van der Waals surface area (Å²) in [6, 6.07) is 5.04. The molecule has 0 unspecified atom stereocenters. The van der Waals surface area contributed by atoms with E-state index in [1.807, 2.05) is 0 Å². The summed E-state index contributed by atoms with van der Waals surface area (Å²) in [6.07, 6.45) is 5.11. The number of sulfonamides is 1. The van der Waals surface area contributed by atoms with E-state index < -0.39 is 10.0 Å². The normalized spacial score (nSPS) is 15.6. The zero-order valence-corrected chi connectivity index (χ0v) is 10.5. The molecule has 2 rings (SSSR count). The van der Waals surface area contributed by atoms with Crippen LogP contribution in [0.5, 0.6) is 0 Å². The molecule has 1 N–H and O–H groups in total. The Labute approximate surface area is 101 Å². The number of hydrogen-bond donors (Lipinski definition) is 1. The van der Waals surface area contributed by atoms with Crippen molar-refractivity contribution in [2.24, 2.45) is 5.92 Å². The van der Waals surface area contributed by atoms with Crippen molar-refractivity contribution in [1.29, 1.82) is 0 Å². The maximum atomic E-state index is 11.2. The van der Waals surface area contributed by atoms with E-state index in [2.05, 4.69) is 4.72 Å². The van der Waals surface area contributed by atoms with Crippen molar-refractivity contribution < 1.29 is 13.2 Å². The summed E-state index contributed by atoms with van der Waals surface area (Å²) in [5.74, 6) is 0.636. The van der Waals surface area contributed by atoms with Crippen molar-refractivity contribution in [3.8, 4) is 0 Å². The van der Waals surface area contributed by atoms with Gasteiger partial charge in [0, 0.05) is 5.56 Å². The van der Waals surface area contributed by atoms with E-state index in [0.29, 0.717) is 17.2 Å². The van der Waals surface area contributed by atoms with E-state index in [0.717, 1.165) is 24.5 Å². The minimum absolute atomic E-state index is 0.583. The van der Waals surface area contributed by atoms with E-state index in [9.17, 15) is 13.2 Å². The number of aldehydes is 1. The van der Waals surface area contributed by atoms with Crippen LogP contribution in [0.1, 0.15) is 28.8 Å². The van der Waals surface area contributed by atoms with Crippen LogP contribution >= 0.6 is 0 Å². The minimum atomic E-state index is -3.27. The summed E-state index contributed by atoms with van der Waals surface area (Å²) >= 11 is 0. The van der Waals surface area contributed by atoms with Crippen LogP contribution < -0.4 is 4.72 Å². The van der Waals surface area contributed by atoms with Gasteiger partial charge < -0.3 is 0 Å². The molecule has 1 aromatic carbocycles. The Hall–Kier alpha value is -1.36. The summed E-state index contributed by atoms with van der Waals surface area (Å²) in [7, 11) is -3.27. The van der Waals surface area contributed by atoms with Crippen LogP contribution in [0.3, 0.4) is 0 Å². The topological polar surface area (TPSA) is 63.2 Å². The second-order valence-electron chi connectivity index (χ2n) is 4.56. The number of nitrogens with one attached hydrogen (secondary N) is 1. The highest BCUT2D eigenvalue weighted by Crippen LogP contribution is 2.35. The van der Waals surface area contributed by atoms with Crippen LogP contribution in [0.15, 0.2) is 18.2 Å². The van der Waals surface area contributed by atoms with Crippen molar-refractivity contribution in [1.82, 2.24) is 0 Å². The predicted octanol–water partition coefficient (Wildman–Crippen LogP) is 1.82. The number of hydrogen-bond acceptors (Lipinski definition) is 3. The first-order valence-electron chi connectivity index (χ1n) is 5.54. The van der Waals surface area contributed by atoms with Gasteiger partial charge in [0.15, 0.2) is 0 Å².